The Morgan fingerprint density at radius 2 is 1.94 bits per heavy atom. The van der Waals surface area contributed by atoms with E-state index in [1.807, 2.05) is 6.92 Å². The van der Waals surface area contributed by atoms with Gasteiger partial charge in [-0.05, 0) is 93.0 Å². The number of aliphatic hydroxyl groups is 2. The molecule has 1 aliphatic heterocycles. The van der Waals surface area contributed by atoms with E-state index in [9.17, 15) is 19.8 Å². The zero-order chi connectivity index (χ0) is 23.8. The Kier molecular flexibility index (Phi) is 5.50. The van der Waals surface area contributed by atoms with Crippen LogP contribution in [0, 0.1) is 34.5 Å². The van der Waals surface area contributed by atoms with Crippen molar-refractivity contribution in [3.63, 3.8) is 0 Å². The van der Waals surface area contributed by atoms with Gasteiger partial charge in [-0.25, -0.2) is 4.79 Å². The van der Waals surface area contributed by atoms with E-state index in [0.29, 0.717) is 18.8 Å². The molecule has 0 saturated heterocycles. The van der Waals surface area contributed by atoms with Crippen LogP contribution in [0.2, 0.25) is 0 Å². The lowest BCUT2D eigenvalue weighted by atomic mass is 9.42. The molecule has 33 heavy (non-hydrogen) atoms. The first-order valence-electron chi connectivity index (χ1n) is 12.8. The second kappa shape index (κ2) is 7.79. The van der Waals surface area contributed by atoms with E-state index < -0.39 is 23.2 Å². The molecule has 4 aliphatic carbocycles. The number of esters is 1. The maximum atomic E-state index is 12.3. The summed E-state index contributed by atoms with van der Waals surface area (Å²) < 4.78 is 5.18. The van der Waals surface area contributed by atoms with Crippen molar-refractivity contribution in [3.05, 3.63) is 11.6 Å². The molecular formula is C26H40N2O5. The van der Waals surface area contributed by atoms with Gasteiger partial charge in [-0.15, -0.1) is 0 Å². The van der Waals surface area contributed by atoms with Gasteiger partial charge in [0, 0.05) is 17.5 Å². The number of cyclic esters (lactones) is 1. The number of rotatable bonds is 3. The Bertz CT molecular complexity index is 873. The molecule has 0 bridgehead atoms. The molecule has 10 atom stereocenters. The van der Waals surface area contributed by atoms with Crippen LogP contribution in [0.3, 0.4) is 0 Å². The lowest BCUT2D eigenvalue weighted by Crippen LogP contribution is -2.67. The number of hydrogen-bond acceptors (Lipinski definition) is 6. The Hall–Kier alpha value is -1.44. The van der Waals surface area contributed by atoms with Gasteiger partial charge in [0.25, 0.3) is 0 Å². The summed E-state index contributed by atoms with van der Waals surface area (Å²) in [6, 6.07) is -0.344. The van der Waals surface area contributed by atoms with Crippen molar-refractivity contribution in [1.82, 2.24) is 5.32 Å². The Balaban J connectivity index is 1.39. The second-order valence-corrected chi connectivity index (χ2v) is 12.1. The van der Waals surface area contributed by atoms with Crippen molar-refractivity contribution in [3.8, 4) is 0 Å². The van der Waals surface area contributed by atoms with E-state index in [-0.39, 0.29) is 47.7 Å². The number of nitrogens with two attached hydrogens (primary N) is 1. The van der Waals surface area contributed by atoms with Crippen LogP contribution >= 0.6 is 0 Å². The highest BCUT2D eigenvalue weighted by Gasteiger charge is 2.70. The van der Waals surface area contributed by atoms with Gasteiger partial charge in [0.1, 0.15) is 6.61 Å². The van der Waals surface area contributed by atoms with Crippen molar-refractivity contribution < 1.29 is 24.5 Å². The molecule has 5 N–H and O–H groups in total. The maximum absolute atomic E-state index is 12.3. The maximum Gasteiger partial charge on any atom is 0.331 e. The number of fused-ring (bicyclic) bond motifs is 5. The SMILES string of the molecule is C[C@H](N)C(=O)N[C@H]1CC[C@@]2(C)[C@H](CC[C@@H]3[C@@H]2C[C@@H](O)[C@]2(C)[C@@H](C4=CC(=O)OC4)CC[C@]32O)C1. The van der Waals surface area contributed by atoms with Gasteiger partial charge >= 0.3 is 5.97 Å². The Morgan fingerprint density at radius 3 is 2.61 bits per heavy atom. The number of aliphatic hydroxyl groups excluding tert-OH is 1. The first-order chi connectivity index (χ1) is 15.5. The van der Waals surface area contributed by atoms with Crippen LogP contribution in [-0.4, -0.2) is 52.5 Å². The summed E-state index contributed by atoms with van der Waals surface area (Å²) in [6.07, 6.45) is 7.90. The summed E-state index contributed by atoms with van der Waals surface area (Å²) in [5, 5.41) is 27.0. The van der Waals surface area contributed by atoms with Gasteiger partial charge in [0.15, 0.2) is 0 Å². The summed E-state index contributed by atoms with van der Waals surface area (Å²) in [5.74, 6) is 0.435. The normalized spacial score (nSPS) is 49.9. The number of nitrogens with one attached hydrogen (secondary N) is 1. The van der Waals surface area contributed by atoms with Gasteiger partial charge in [-0.3, -0.25) is 4.79 Å². The molecular weight excluding hydrogens is 420 g/mol. The van der Waals surface area contributed by atoms with Crippen LogP contribution in [0.15, 0.2) is 11.6 Å². The third kappa shape index (κ3) is 3.25. The quantitative estimate of drug-likeness (QED) is 0.478. The molecule has 7 heteroatoms. The summed E-state index contributed by atoms with van der Waals surface area (Å²) in [5.41, 5.74) is 5.12. The van der Waals surface area contributed by atoms with Gasteiger partial charge in [-0.1, -0.05) is 13.8 Å². The summed E-state index contributed by atoms with van der Waals surface area (Å²) in [7, 11) is 0. The van der Waals surface area contributed by atoms with E-state index in [2.05, 4.69) is 12.2 Å². The van der Waals surface area contributed by atoms with Gasteiger partial charge in [0.05, 0.1) is 17.7 Å². The standard InChI is InChI=1S/C26H40N2O5/c1-14(27)23(31)28-17-6-8-24(2)16(11-17)4-5-19-20(24)12-21(29)25(3)18(7-9-26(19,25)32)15-10-22(30)33-13-15/h10,14,16-21,29,32H,4-9,11-13,27H2,1-3H3,(H,28,31)/t14-,16+,17-,18+,19+,20-,21+,24-,25-,26-/m0/s1. The zero-order valence-electron chi connectivity index (χ0n) is 20.2. The molecule has 0 aromatic carbocycles. The number of carbonyl (C=O) groups excluding carboxylic acids is 2. The van der Waals surface area contributed by atoms with E-state index in [1.165, 1.54) is 0 Å². The molecule has 5 aliphatic rings. The summed E-state index contributed by atoms with van der Waals surface area (Å²) in [6.45, 7) is 6.40. The molecule has 0 radical (unpaired) electrons. The van der Waals surface area contributed by atoms with Gasteiger partial charge in [0.2, 0.25) is 5.91 Å². The molecule has 1 heterocycles. The van der Waals surface area contributed by atoms with Crippen molar-refractivity contribution in [2.45, 2.75) is 95.9 Å². The summed E-state index contributed by atoms with van der Waals surface area (Å²) in [4.78, 5) is 23.9. The fraction of sp³-hybridized carbons (Fsp3) is 0.846. The highest BCUT2D eigenvalue weighted by molar-refractivity contribution is 5.85. The van der Waals surface area contributed by atoms with Crippen LogP contribution in [0.5, 0.6) is 0 Å². The minimum Gasteiger partial charge on any atom is -0.458 e. The molecule has 1 amide bonds. The average molecular weight is 461 g/mol. The van der Waals surface area contributed by atoms with Crippen LogP contribution in [0.1, 0.15) is 72.1 Å². The monoisotopic (exact) mass is 460 g/mol. The molecule has 4 fully saturated rings. The third-order valence-corrected chi connectivity index (χ3v) is 10.8. The Morgan fingerprint density at radius 1 is 1.18 bits per heavy atom. The molecule has 7 nitrogen and oxygen atoms in total. The first kappa shape index (κ1) is 23.3. The van der Waals surface area contributed by atoms with Crippen LogP contribution < -0.4 is 11.1 Å². The lowest BCUT2D eigenvalue weighted by molar-refractivity contribution is -0.243. The number of hydrogen-bond donors (Lipinski definition) is 4. The van der Waals surface area contributed by atoms with E-state index in [0.717, 1.165) is 44.1 Å². The predicted octanol–water partition coefficient (Wildman–Crippen LogP) is 2.05. The molecule has 0 unspecified atom stereocenters. The fourth-order valence-corrected chi connectivity index (χ4v) is 8.85. The van der Waals surface area contributed by atoms with E-state index in [1.54, 1.807) is 13.0 Å². The first-order valence-corrected chi connectivity index (χ1v) is 12.8. The molecule has 0 aromatic heterocycles. The van der Waals surface area contributed by atoms with Crippen LogP contribution in [0.4, 0.5) is 0 Å². The molecule has 184 valence electrons. The lowest BCUT2D eigenvalue weighted by Gasteiger charge is -2.65. The largest absolute Gasteiger partial charge is 0.458 e. The average Bonchev–Trinajstić information content (AvgIpc) is 3.30. The predicted molar refractivity (Wildman–Crippen MR) is 123 cm³/mol. The molecule has 0 spiro atoms. The smallest absolute Gasteiger partial charge is 0.331 e. The highest BCUT2D eigenvalue weighted by Crippen LogP contribution is 2.69. The highest BCUT2D eigenvalue weighted by atomic mass is 16.5. The van der Waals surface area contributed by atoms with Crippen LogP contribution in [-0.2, 0) is 14.3 Å². The van der Waals surface area contributed by atoms with E-state index >= 15 is 0 Å². The summed E-state index contributed by atoms with van der Waals surface area (Å²) >= 11 is 0. The topological polar surface area (TPSA) is 122 Å². The minimum absolute atomic E-state index is 0.0281. The van der Waals surface area contributed by atoms with Crippen molar-refractivity contribution in [2.75, 3.05) is 6.61 Å². The number of amides is 1. The van der Waals surface area contributed by atoms with E-state index in [4.69, 9.17) is 10.5 Å². The second-order valence-electron chi connectivity index (χ2n) is 12.1. The molecule has 5 rings (SSSR count). The van der Waals surface area contributed by atoms with Crippen LogP contribution in [0.25, 0.3) is 0 Å². The molecule has 4 saturated carbocycles. The van der Waals surface area contributed by atoms with Crippen molar-refractivity contribution >= 4 is 11.9 Å². The number of ether oxygens (including phenoxy) is 1. The fourth-order valence-electron chi connectivity index (χ4n) is 8.85. The Labute approximate surface area is 196 Å². The third-order valence-electron chi connectivity index (χ3n) is 10.8. The van der Waals surface area contributed by atoms with Gasteiger partial charge in [-0.2, -0.15) is 0 Å². The number of carbonyl (C=O) groups is 2. The minimum atomic E-state index is -0.944. The van der Waals surface area contributed by atoms with Gasteiger partial charge < -0.3 is 26.0 Å². The zero-order valence-corrected chi connectivity index (χ0v) is 20.2. The molecule has 0 aromatic rings. The van der Waals surface area contributed by atoms with Crippen molar-refractivity contribution in [1.29, 1.82) is 0 Å². The van der Waals surface area contributed by atoms with Crippen molar-refractivity contribution in [2.24, 2.45) is 40.2 Å².